The molecule has 0 atom stereocenters. The van der Waals surface area contributed by atoms with Crippen LogP contribution in [0.15, 0.2) is 17.1 Å². The van der Waals surface area contributed by atoms with Crippen molar-refractivity contribution in [2.45, 2.75) is 6.42 Å². The highest BCUT2D eigenvalue weighted by Gasteiger charge is 2.41. The van der Waals surface area contributed by atoms with E-state index in [2.05, 4.69) is 4.99 Å². The van der Waals surface area contributed by atoms with Crippen LogP contribution in [-0.2, 0) is 6.42 Å². The van der Waals surface area contributed by atoms with Gasteiger partial charge in [0.15, 0.2) is 23.0 Å². The first-order valence-electron chi connectivity index (χ1n) is 8.57. The first-order valence-corrected chi connectivity index (χ1v) is 8.57. The minimum absolute atomic E-state index is 0.102. The molecule has 5 rings (SSSR count). The fourth-order valence-corrected chi connectivity index (χ4v) is 4.07. The maximum Gasteiger partial charge on any atom is 0.231 e. The SMILES string of the molecule is COc1cc2c(cc1OC)-c1c3c(c(OC)c4c1C(=NCC4)C2=O)OCO3. The van der Waals surface area contributed by atoms with Crippen LogP contribution < -0.4 is 23.7 Å². The first kappa shape index (κ1) is 16.0. The van der Waals surface area contributed by atoms with E-state index in [1.54, 1.807) is 27.4 Å². The normalized spacial score (nSPS) is 15.7. The summed E-state index contributed by atoms with van der Waals surface area (Å²) < 4.78 is 27.9. The van der Waals surface area contributed by atoms with Crippen LogP contribution in [0.5, 0.6) is 28.7 Å². The van der Waals surface area contributed by atoms with Gasteiger partial charge in [0.1, 0.15) is 5.71 Å². The lowest BCUT2D eigenvalue weighted by molar-refractivity contribution is 0.106. The molecule has 3 aliphatic rings. The molecule has 0 saturated heterocycles. The van der Waals surface area contributed by atoms with Gasteiger partial charge < -0.3 is 23.7 Å². The summed E-state index contributed by atoms with van der Waals surface area (Å²) in [5.74, 6) is 2.65. The van der Waals surface area contributed by atoms with Crippen LogP contribution in [0.3, 0.4) is 0 Å². The topological polar surface area (TPSA) is 75.6 Å². The smallest absolute Gasteiger partial charge is 0.231 e. The Hall–Kier alpha value is -3.22. The highest BCUT2D eigenvalue weighted by atomic mass is 16.7. The number of aliphatic imine (C=N–C) groups is 1. The van der Waals surface area contributed by atoms with Gasteiger partial charge in [-0.2, -0.15) is 0 Å². The number of hydrogen-bond donors (Lipinski definition) is 0. The zero-order valence-electron chi connectivity index (χ0n) is 15.2. The van der Waals surface area contributed by atoms with E-state index in [0.29, 0.717) is 53.0 Å². The lowest BCUT2D eigenvalue weighted by Crippen LogP contribution is -2.28. The van der Waals surface area contributed by atoms with Crippen molar-refractivity contribution in [2.24, 2.45) is 4.99 Å². The number of fused-ring (bicyclic) bond motifs is 4. The highest BCUT2D eigenvalue weighted by molar-refractivity contribution is 6.55. The van der Waals surface area contributed by atoms with Crippen LogP contribution in [0.4, 0.5) is 0 Å². The Labute approximate surface area is 155 Å². The van der Waals surface area contributed by atoms with E-state index in [-0.39, 0.29) is 12.6 Å². The minimum Gasteiger partial charge on any atom is -0.493 e. The zero-order chi connectivity index (χ0) is 18.7. The van der Waals surface area contributed by atoms with Gasteiger partial charge in [-0.15, -0.1) is 0 Å². The molecule has 2 aromatic rings. The Morgan fingerprint density at radius 2 is 1.63 bits per heavy atom. The number of rotatable bonds is 3. The second-order valence-electron chi connectivity index (χ2n) is 6.39. The van der Waals surface area contributed by atoms with Crippen molar-refractivity contribution < 1.29 is 28.5 Å². The molecular weight excluding hydrogens is 350 g/mol. The van der Waals surface area contributed by atoms with Gasteiger partial charge in [-0.3, -0.25) is 9.79 Å². The van der Waals surface area contributed by atoms with Crippen LogP contribution in [0.1, 0.15) is 21.5 Å². The van der Waals surface area contributed by atoms with Crippen LogP contribution in [0.25, 0.3) is 11.1 Å². The standard InChI is InChI=1S/C20H17NO6/c1-23-12-6-10-11(7-13(12)24-2)17(22)16-14-9(4-5-21-16)18(25-3)20-19(15(10)14)26-8-27-20/h6-7H,4-5,8H2,1-3H3. The third kappa shape index (κ3) is 1.96. The average Bonchev–Trinajstić information content (AvgIpc) is 3.19. The van der Waals surface area contributed by atoms with Gasteiger partial charge in [-0.25, -0.2) is 0 Å². The maximum absolute atomic E-state index is 13.2. The van der Waals surface area contributed by atoms with Gasteiger partial charge in [0, 0.05) is 34.4 Å². The summed E-state index contributed by atoms with van der Waals surface area (Å²) in [5, 5.41) is 0. The van der Waals surface area contributed by atoms with E-state index in [0.717, 1.165) is 22.3 Å². The molecule has 2 aromatic carbocycles. The predicted octanol–water partition coefficient (Wildman–Crippen LogP) is 2.65. The Morgan fingerprint density at radius 3 is 2.33 bits per heavy atom. The summed E-state index contributed by atoms with van der Waals surface area (Å²) in [4.78, 5) is 17.7. The molecule has 2 heterocycles. The third-order valence-electron chi connectivity index (χ3n) is 5.20. The number of Topliss-reactive ketones (excluding diaryl/α,β-unsaturated/α-hetero) is 1. The Bertz CT molecular complexity index is 1040. The molecule has 138 valence electrons. The van der Waals surface area contributed by atoms with E-state index in [1.807, 2.05) is 6.07 Å². The van der Waals surface area contributed by atoms with Crippen LogP contribution in [0, 0.1) is 0 Å². The van der Waals surface area contributed by atoms with Crippen LogP contribution in [0.2, 0.25) is 0 Å². The van der Waals surface area contributed by atoms with Gasteiger partial charge in [0.25, 0.3) is 0 Å². The van der Waals surface area contributed by atoms with Crippen LogP contribution >= 0.6 is 0 Å². The number of ketones is 1. The second kappa shape index (κ2) is 5.64. The van der Waals surface area contributed by atoms with Gasteiger partial charge in [-0.05, 0) is 18.6 Å². The molecule has 0 aromatic heterocycles. The van der Waals surface area contributed by atoms with Crippen LogP contribution in [-0.4, -0.2) is 46.2 Å². The molecule has 0 saturated carbocycles. The van der Waals surface area contributed by atoms with Gasteiger partial charge in [-0.1, -0.05) is 0 Å². The molecule has 0 N–H and O–H groups in total. The zero-order valence-corrected chi connectivity index (χ0v) is 15.2. The number of benzene rings is 2. The summed E-state index contributed by atoms with van der Waals surface area (Å²) in [6, 6.07) is 3.50. The molecule has 1 aliphatic carbocycles. The van der Waals surface area contributed by atoms with Gasteiger partial charge in [0.2, 0.25) is 18.3 Å². The number of nitrogens with zero attached hydrogens (tertiary/aromatic N) is 1. The van der Waals surface area contributed by atoms with Crippen molar-refractivity contribution >= 4 is 11.5 Å². The average molecular weight is 367 g/mol. The van der Waals surface area contributed by atoms with E-state index in [4.69, 9.17) is 23.7 Å². The minimum atomic E-state index is -0.139. The summed E-state index contributed by atoms with van der Waals surface area (Å²) >= 11 is 0. The number of hydrogen-bond acceptors (Lipinski definition) is 7. The first-order chi connectivity index (χ1) is 13.2. The molecule has 0 radical (unpaired) electrons. The van der Waals surface area contributed by atoms with Crippen molar-refractivity contribution in [3.8, 4) is 39.9 Å². The third-order valence-corrected chi connectivity index (χ3v) is 5.20. The monoisotopic (exact) mass is 367 g/mol. The molecule has 2 aliphatic heterocycles. The predicted molar refractivity (Wildman–Crippen MR) is 97.1 cm³/mol. The molecule has 0 fully saturated rings. The highest BCUT2D eigenvalue weighted by Crippen LogP contribution is 2.56. The van der Waals surface area contributed by atoms with Crippen molar-refractivity contribution in [2.75, 3.05) is 34.7 Å². The molecular formula is C20H17NO6. The van der Waals surface area contributed by atoms with E-state index in [1.165, 1.54) is 0 Å². The molecule has 27 heavy (non-hydrogen) atoms. The van der Waals surface area contributed by atoms with E-state index in [9.17, 15) is 4.79 Å². The maximum atomic E-state index is 13.2. The molecule has 0 spiro atoms. The Balaban J connectivity index is 1.93. The van der Waals surface area contributed by atoms with Crippen molar-refractivity contribution in [1.82, 2.24) is 0 Å². The van der Waals surface area contributed by atoms with Crippen molar-refractivity contribution in [1.29, 1.82) is 0 Å². The summed E-state index contributed by atoms with van der Waals surface area (Å²) in [6.07, 6.45) is 0.668. The number of methoxy groups -OCH3 is 3. The van der Waals surface area contributed by atoms with Crippen molar-refractivity contribution in [3.63, 3.8) is 0 Å². The van der Waals surface area contributed by atoms with Gasteiger partial charge >= 0.3 is 0 Å². The van der Waals surface area contributed by atoms with Crippen molar-refractivity contribution in [3.05, 3.63) is 28.8 Å². The molecule has 7 nitrogen and oxygen atoms in total. The molecule has 0 bridgehead atoms. The van der Waals surface area contributed by atoms with E-state index >= 15 is 0 Å². The Kier molecular flexibility index (Phi) is 3.34. The number of ether oxygens (including phenoxy) is 5. The molecule has 0 amide bonds. The fraction of sp³-hybridized carbons (Fsp3) is 0.300. The lowest BCUT2D eigenvalue weighted by Gasteiger charge is -2.29. The summed E-state index contributed by atoms with van der Waals surface area (Å²) in [7, 11) is 4.70. The fourth-order valence-electron chi connectivity index (χ4n) is 4.07. The quantitative estimate of drug-likeness (QED) is 0.830. The Morgan fingerprint density at radius 1 is 0.926 bits per heavy atom. The second-order valence-corrected chi connectivity index (χ2v) is 6.39. The summed E-state index contributed by atoms with van der Waals surface area (Å²) in [5.41, 5.74) is 4.16. The summed E-state index contributed by atoms with van der Waals surface area (Å²) in [6.45, 7) is 0.622. The largest absolute Gasteiger partial charge is 0.493 e. The molecule has 0 unspecified atom stereocenters. The lowest BCUT2D eigenvalue weighted by atomic mass is 9.78. The molecule has 7 heteroatoms. The number of carbonyl (C=O) groups is 1. The number of carbonyl (C=O) groups excluding carboxylic acids is 1. The van der Waals surface area contributed by atoms with E-state index < -0.39 is 0 Å². The van der Waals surface area contributed by atoms with Gasteiger partial charge in [0.05, 0.1) is 21.3 Å².